The van der Waals surface area contributed by atoms with Crippen molar-refractivity contribution in [1.29, 1.82) is 0 Å². The maximum Gasteiger partial charge on any atom is 0.332 e. The summed E-state index contributed by atoms with van der Waals surface area (Å²) < 4.78 is 0. The van der Waals surface area contributed by atoms with Crippen LogP contribution in [0.3, 0.4) is 0 Å². The van der Waals surface area contributed by atoms with Crippen molar-refractivity contribution < 1.29 is 20.1 Å². The van der Waals surface area contributed by atoms with Gasteiger partial charge in [-0.1, -0.05) is 0 Å². The number of aliphatic hydroxyl groups is 2. The van der Waals surface area contributed by atoms with Crippen LogP contribution in [-0.4, -0.2) is 33.6 Å². The Hall–Kier alpha value is -0.650. The monoisotopic (exact) mass is 151 g/mol. The van der Waals surface area contributed by atoms with Crippen LogP contribution < -0.4 is 5.73 Å². The lowest BCUT2D eigenvalue weighted by atomic mass is 10.4. The lowest BCUT2D eigenvalue weighted by Crippen LogP contribution is -2.13. The standard InChI is InChI=1S/C3H6O3.C2H7NO/c1-2(4)3(5)6;1-2(3)4/h2,4H,1H3,(H,5,6);2,4H,3H2,1H3. The molecule has 0 aromatic carbocycles. The highest BCUT2D eigenvalue weighted by atomic mass is 16.4. The minimum Gasteiger partial charge on any atom is -0.479 e. The van der Waals surface area contributed by atoms with E-state index in [1.807, 2.05) is 0 Å². The number of carbonyl (C=O) groups is 1. The van der Waals surface area contributed by atoms with Gasteiger partial charge in [0, 0.05) is 0 Å². The first-order valence-electron chi connectivity index (χ1n) is 2.72. The first kappa shape index (κ1) is 12.1. The van der Waals surface area contributed by atoms with Crippen LogP contribution in [0.1, 0.15) is 13.8 Å². The first-order chi connectivity index (χ1) is 4.37. The van der Waals surface area contributed by atoms with Crippen molar-refractivity contribution in [3.63, 3.8) is 0 Å². The van der Waals surface area contributed by atoms with Crippen LogP contribution in [0, 0.1) is 0 Å². The van der Waals surface area contributed by atoms with Gasteiger partial charge in [-0.3, -0.25) is 0 Å². The van der Waals surface area contributed by atoms with Crippen molar-refractivity contribution in [2.24, 2.45) is 5.73 Å². The fourth-order valence-electron chi connectivity index (χ4n) is 0. The number of hydrogen-bond donors (Lipinski definition) is 4. The number of carboxylic acid groups (broad SMARTS) is 1. The summed E-state index contributed by atoms with van der Waals surface area (Å²) in [6.07, 6.45) is -1.90. The molecule has 0 fully saturated rings. The third-order valence-corrected chi connectivity index (χ3v) is 0.357. The molecule has 0 heterocycles. The predicted octanol–water partition coefficient (Wildman–Crippen LogP) is -1.26. The van der Waals surface area contributed by atoms with Crippen molar-refractivity contribution in [2.45, 2.75) is 26.2 Å². The van der Waals surface area contributed by atoms with Crippen LogP contribution in [0.15, 0.2) is 0 Å². The fraction of sp³-hybridized carbons (Fsp3) is 0.800. The van der Waals surface area contributed by atoms with Crippen molar-refractivity contribution >= 4 is 5.97 Å². The van der Waals surface area contributed by atoms with Crippen LogP contribution >= 0.6 is 0 Å². The van der Waals surface area contributed by atoms with Crippen molar-refractivity contribution in [3.8, 4) is 0 Å². The van der Waals surface area contributed by atoms with Crippen molar-refractivity contribution in [3.05, 3.63) is 0 Å². The topological polar surface area (TPSA) is 104 Å². The van der Waals surface area contributed by atoms with E-state index < -0.39 is 18.3 Å². The molecule has 5 nitrogen and oxygen atoms in total. The van der Waals surface area contributed by atoms with Crippen LogP contribution in [0.2, 0.25) is 0 Å². The molecule has 0 bridgehead atoms. The van der Waals surface area contributed by atoms with E-state index in [9.17, 15) is 4.79 Å². The number of nitrogens with two attached hydrogens (primary N) is 1. The molecule has 0 amide bonds. The van der Waals surface area contributed by atoms with Gasteiger partial charge in [0.05, 0.1) is 6.23 Å². The Morgan fingerprint density at radius 2 is 1.50 bits per heavy atom. The van der Waals surface area contributed by atoms with Gasteiger partial charge in [0.1, 0.15) is 6.10 Å². The molecule has 0 spiro atoms. The minimum absolute atomic E-state index is 0.667. The molecule has 5 heteroatoms. The zero-order valence-corrected chi connectivity index (χ0v) is 5.98. The van der Waals surface area contributed by atoms with Gasteiger partial charge in [-0.15, -0.1) is 0 Å². The van der Waals surface area contributed by atoms with E-state index in [0.29, 0.717) is 0 Å². The second kappa shape index (κ2) is 6.47. The maximum absolute atomic E-state index is 9.45. The molecule has 0 rings (SSSR count). The van der Waals surface area contributed by atoms with E-state index in [1.54, 1.807) is 0 Å². The molecular formula is C5H13NO4. The number of rotatable bonds is 1. The highest BCUT2D eigenvalue weighted by Gasteiger charge is 2.01. The van der Waals surface area contributed by atoms with Gasteiger partial charge < -0.3 is 21.1 Å². The van der Waals surface area contributed by atoms with Crippen molar-refractivity contribution in [1.82, 2.24) is 0 Å². The van der Waals surface area contributed by atoms with E-state index in [2.05, 4.69) is 5.73 Å². The molecule has 0 radical (unpaired) electrons. The molecule has 0 aromatic heterocycles. The molecule has 10 heavy (non-hydrogen) atoms. The zero-order chi connectivity index (χ0) is 8.73. The molecule has 0 aliphatic rings. The average Bonchev–Trinajstić information content (AvgIpc) is 1.63. The van der Waals surface area contributed by atoms with Gasteiger partial charge in [-0.25, -0.2) is 4.79 Å². The summed E-state index contributed by atoms with van der Waals surface area (Å²) in [5.41, 5.74) is 4.67. The third-order valence-electron chi connectivity index (χ3n) is 0.357. The van der Waals surface area contributed by atoms with Crippen LogP contribution in [0.5, 0.6) is 0 Å². The Morgan fingerprint density at radius 3 is 1.50 bits per heavy atom. The van der Waals surface area contributed by atoms with Crippen LogP contribution in [0.4, 0.5) is 0 Å². The Labute approximate surface area is 59.1 Å². The number of aliphatic hydroxyl groups excluding tert-OH is 2. The Balaban J connectivity index is 0. The second-order valence-corrected chi connectivity index (χ2v) is 1.75. The molecular weight excluding hydrogens is 138 g/mol. The predicted molar refractivity (Wildman–Crippen MR) is 35.2 cm³/mol. The summed E-state index contributed by atoms with van der Waals surface area (Å²) in [7, 11) is 0. The second-order valence-electron chi connectivity index (χ2n) is 1.75. The highest BCUT2D eigenvalue weighted by Crippen LogP contribution is 1.73. The Kier molecular flexibility index (Phi) is 7.81. The van der Waals surface area contributed by atoms with Gasteiger partial charge in [0.15, 0.2) is 0 Å². The van der Waals surface area contributed by atoms with Gasteiger partial charge in [0.2, 0.25) is 0 Å². The highest BCUT2D eigenvalue weighted by molar-refractivity contribution is 5.71. The molecule has 0 aliphatic heterocycles. The molecule has 2 atom stereocenters. The zero-order valence-electron chi connectivity index (χ0n) is 5.98. The van der Waals surface area contributed by atoms with Gasteiger partial charge in [0.25, 0.3) is 0 Å². The summed E-state index contributed by atoms with van der Waals surface area (Å²) in [5.74, 6) is -1.19. The fourth-order valence-corrected chi connectivity index (χ4v) is 0. The quantitative estimate of drug-likeness (QED) is 0.350. The molecule has 0 aromatic rings. The third kappa shape index (κ3) is 26.4. The average molecular weight is 151 g/mol. The normalized spacial score (nSPS) is 14.5. The molecule has 0 saturated carbocycles. The molecule has 2 unspecified atom stereocenters. The first-order valence-corrected chi connectivity index (χ1v) is 2.72. The lowest BCUT2D eigenvalue weighted by molar-refractivity contribution is -0.145. The Bertz CT molecular complexity index is 88.9. The minimum atomic E-state index is -1.23. The van der Waals surface area contributed by atoms with E-state index in [-0.39, 0.29) is 0 Å². The van der Waals surface area contributed by atoms with E-state index in [1.165, 1.54) is 13.8 Å². The summed E-state index contributed by atoms with van der Waals surface area (Å²) in [4.78, 5) is 9.45. The summed E-state index contributed by atoms with van der Waals surface area (Å²) in [5, 5.41) is 23.6. The van der Waals surface area contributed by atoms with Crippen molar-refractivity contribution in [2.75, 3.05) is 0 Å². The number of hydrogen-bond acceptors (Lipinski definition) is 4. The van der Waals surface area contributed by atoms with E-state index >= 15 is 0 Å². The maximum atomic E-state index is 9.45. The lowest BCUT2D eigenvalue weighted by Gasteiger charge is -1.89. The van der Waals surface area contributed by atoms with E-state index in [0.717, 1.165) is 0 Å². The number of aliphatic carboxylic acids is 1. The summed E-state index contributed by atoms with van der Waals surface area (Å²) >= 11 is 0. The molecule has 0 aliphatic carbocycles. The SMILES string of the molecule is CC(N)O.CC(O)C(=O)O. The van der Waals surface area contributed by atoms with Crippen LogP contribution in [-0.2, 0) is 4.79 Å². The molecule has 0 saturated heterocycles. The summed E-state index contributed by atoms with van der Waals surface area (Å²) in [6.45, 7) is 2.70. The van der Waals surface area contributed by atoms with Gasteiger partial charge in [-0.2, -0.15) is 0 Å². The van der Waals surface area contributed by atoms with Gasteiger partial charge in [-0.05, 0) is 13.8 Å². The Morgan fingerprint density at radius 1 is 1.40 bits per heavy atom. The smallest absolute Gasteiger partial charge is 0.332 e. The van der Waals surface area contributed by atoms with Gasteiger partial charge >= 0.3 is 5.97 Å². The molecule has 5 N–H and O–H groups in total. The number of carboxylic acids is 1. The summed E-state index contributed by atoms with van der Waals surface area (Å²) in [6, 6.07) is 0. The van der Waals surface area contributed by atoms with E-state index in [4.69, 9.17) is 15.3 Å². The van der Waals surface area contributed by atoms with Crippen LogP contribution in [0.25, 0.3) is 0 Å². The molecule has 62 valence electrons. The largest absolute Gasteiger partial charge is 0.479 e.